The molecule has 1 amide bonds. The van der Waals surface area contributed by atoms with Crippen molar-refractivity contribution in [2.75, 3.05) is 24.3 Å². The maximum absolute atomic E-state index is 13.1. The minimum Gasteiger partial charge on any atom is -0.465 e. The Bertz CT molecular complexity index is 793. The minimum atomic E-state index is -0.817. The molecule has 0 N–H and O–H groups in total. The number of carbonyl (C=O) groups is 2. The molecule has 2 aliphatic heterocycles. The number of esters is 1. The number of anilines is 1. The van der Waals surface area contributed by atoms with Gasteiger partial charge in [0.05, 0.1) is 29.9 Å². The van der Waals surface area contributed by atoms with Gasteiger partial charge in [0.1, 0.15) is 11.6 Å². The van der Waals surface area contributed by atoms with Gasteiger partial charge >= 0.3 is 5.97 Å². The van der Waals surface area contributed by atoms with Crippen LogP contribution in [0.2, 0.25) is 0 Å². The molecule has 0 bridgehead atoms. The van der Waals surface area contributed by atoms with Crippen LogP contribution in [-0.2, 0) is 14.3 Å². The molecule has 0 spiro atoms. The molecular weight excluding hydrogens is 372 g/mol. The fourth-order valence-electron chi connectivity index (χ4n) is 3.27. The van der Waals surface area contributed by atoms with Crippen molar-refractivity contribution in [3.05, 3.63) is 18.0 Å². The lowest BCUT2D eigenvalue weighted by molar-refractivity contribution is -0.142. The molecule has 0 radical (unpaired) electrons. The smallest absolute Gasteiger partial charge is 0.310 e. The molecule has 0 aromatic carbocycles. The molecule has 1 aromatic heterocycles. The van der Waals surface area contributed by atoms with Crippen molar-refractivity contribution < 1.29 is 14.3 Å². The molecule has 2 atom stereocenters. The summed E-state index contributed by atoms with van der Waals surface area (Å²) >= 11 is 6.06. The largest absolute Gasteiger partial charge is 0.465 e. The lowest BCUT2D eigenvalue weighted by atomic mass is 10.0. The third kappa shape index (κ3) is 3.06. The van der Waals surface area contributed by atoms with Crippen LogP contribution < -0.4 is 4.90 Å². The van der Waals surface area contributed by atoms with Gasteiger partial charge in [0.15, 0.2) is 5.69 Å². The van der Waals surface area contributed by atoms with Gasteiger partial charge in [0.25, 0.3) is 0 Å². The number of thiol groups is 1. The zero-order chi connectivity index (χ0) is 19.1. The van der Waals surface area contributed by atoms with Gasteiger partial charge in [-0.3, -0.25) is 19.4 Å². The number of amides is 1. The van der Waals surface area contributed by atoms with E-state index in [1.807, 2.05) is 31.1 Å². The first-order valence-corrected chi connectivity index (χ1v) is 9.94. The second kappa shape index (κ2) is 7.10. The molecule has 9 heteroatoms. The van der Waals surface area contributed by atoms with Gasteiger partial charge in [-0.1, -0.05) is 0 Å². The molecule has 3 rings (SSSR count). The Hall–Kier alpha value is -1.76. The van der Waals surface area contributed by atoms with Crippen molar-refractivity contribution in [2.24, 2.45) is 5.92 Å². The van der Waals surface area contributed by atoms with E-state index in [0.717, 1.165) is 0 Å². The van der Waals surface area contributed by atoms with Crippen LogP contribution in [-0.4, -0.2) is 52.2 Å². The average molecular weight is 393 g/mol. The van der Waals surface area contributed by atoms with Crippen molar-refractivity contribution in [3.8, 4) is 6.07 Å². The zero-order valence-corrected chi connectivity index (χ0v) is 16.5. The number of ether oxygens (including phenoxy) is 1. The number of nitriles is 1. The lowest BCUT2D eigenvalue weighted by Crippen LogP contribution is -2.47. The van der Waals surface area contributed by atoms with Crippen LogP contribution in [0.1, 0.15) is 26.0 Å². The molecule has 7 nitrogen and oxygen atoms in total. The van der Waals surface area contributed by atoms with Crippen molar-refractivity contribution in [1.29, 1.82) is 5.26 Å². The summed E-state index contributed by atoms with van der Waals surface area (Å²) < 4.78 is 5.04. The van der Waals surface area contributed by atoms with Crippen LogP contribution in [0, 0.1) is 17.2 Å². The van der Waals surface area contributed by atoms with Crippen molar-refractivity contribution in [1.82, 2.24) is 9.88 Å². The Labute approximate surface area is 162 Å². The number of hydrogen-bond donors (Lipinski definition) is 1. The minimum absolute atomic E-state index is 0.123. The van der Waals surface area contributed by atoms with E-state index in [2.05, 4.69) is 17.6 Å². The van der Waals surface area contributed by atoms with Gasteiger partial charge in [-0.25, -0.2) is 4.98 Å². The Balaban J connectivity index is 1.93. The van der Waals surface area contributed by atoms with Gasteiger partial charge in [-0.2, -0.15) is 5.26 Å². The molecule has 0 saturated carbocycles. The summed E-state index contributed by atoms with van der Waals surface area (Å²) in [6.45, 7) is 4.47. The van der Waals surface area contributed by atoms with E-state index in [1.165, 1.54) is 18.0 Å². The first-order valence-electron chi connectivity index (χ1n) is 8.20. The monoisotopic (exact) mass is 392 g/mol. The Kier molecular flexibility index (Phi) is 5.19. The van der Waals surface area contributed by atoms with Gasteiger partial charge in [0, 0.05) is 11.4 Å². The molecule has 2 aliphatic rings. The number of carbonyl (C=O) groups excluding carboxylic acids is 2. The molecule has 138 valence electrons. The van der Waals surface area contributed by atoms with E-state index in [1.54, 1.807) is 11.0 Å². The van der Waals surface area contributed by atoms with Gasteiger partial charge in [-0.05, 0) is 32.6 Å². The first kappa shape index (κ1) is 19.0. The molecule has 0 aliphatic carbocycles. The SMILES string of the molecule is CSc1cc(N2C(=O)C(C)(C)N(CC3CCOC3=O)C2S)cnc1C#N. The summed E-state index contributed by atoms with van der Waals surface area (Å²) in [5, 5.41) is 9.15. The third-order valence-corrected chi connectivity index (χ3v) is 6.13. The number of thioether (sulfide) groups is 1. The number of nitrogens with zero attached hydrogens (tertiary/aromatic N) is 4. The van der Waals surface area contributed by atoms with Gasteiger partial charge in [0.2, 0.25) is 5.91 Å². The van der Waals surface area contributed by atoms with Crippen molar-refractivity contribution >= 4 is 42.0 Å². The number of cyclic esters (lactones) is 1. The Morgan fingerprint density at radius 1 is 1.50 bits per heavy atom. The fraction of sp³-hybridized carbons (Fsp3) is 0.529. The number of rotatable bonds is 4. The molecule has 26 heavy (non-hydrogen) atoms. The highest BCUT2D eigenvalue weighted by Gasteiger charge is 2.52. The molecule has 2 fully saturated rings. The highest BCUT2D eigenvalue weighted by Crippen LogP contribution is 2.38. The van der Waals surface area contributed by atoms with E-state index < -0.39 is 11.0 Å². The summed E-state index contributed by atoms with van der Waals surface area (Å²) in [5.74, 6) is -0.600. The van der Waals surface area contributed by atoms with E-state index >= 15 is 0 Å². The number of pyridine rings is 1. The topological polar surface area (TPSA) is 86.5 Å². The van der Waals surface area contributed by atoms with Crippen LogP contribution >= 0.6 is 24.4 Å². The summed E-state index contributed by atoms with van der Waals surface area (Å²) in [4.78, 5) is 33.3. The van der Waals surface area contributed by atoms with E-state index in [-0.39, 0.29) is 17.8 Å². The van der Waals surface area contributed by atoms with Crippen molar-refractivity contribution in [3.63, 3.8) is 0 Å². The molecule has 3 heterocycles. The molecule has 2 unspecified atom stereocenters. The Morgan fingerprint density at radius 2 is 2.23 bits per heavy atom. The third-order valence-electron chi connectivity index (χ3n) is 4.87. The van der Waals surface area contributed by atoms with Crippen LogP contribution in [0.3, 0.4) is 0 Å². The first-order chi connectivity index (χ1) is 12.3. The maximum atomic E-state index is 13.1. The molecular formula is C17H20N4O3S2. The van der Waals surface area contributed by atoms with Gasteiger partial charge in [-0.15, -0.1) is 24.4 Å². The quantitative estimate of drug-likeness (QED) is 0.476. The second-order valence-corrected chi connectivity index (χ2v) is 8.05. The Morgan fingerprint density at radius 3 is 2.81 bits per heavy atom. The zero-order valence-electron chi connectivity index (χ0n) is 14.8. The summed E-state index contributed by atoms with van der Waals surface area (Å²) in [7, 11) is 0. The predicted molar refractivity (Wildman–Crippen MR) is 101 cm³/mol. The summed E-state index contributed by atoms with van der Waals surface area (Å²) in [6.07, 6.45) is 4.02. The molecule has 2 saturated heterocycles. The maximum Gasteiger partial charge on any atom is 0.310 e. The molecule has 1 aromatic rings. The van der Waals surface area contributed by atoms with Crippen LogP contribution in [0.5, 0.6) is 0 Å². The lowest BCUT2D eigenvalue weighted by Gasteiger charge is -2.32. The van der Waals surface area contributed by atoms with Crippen molar-refractivity contribution in [2.45, 2.75) is 36.2 Å². The summed E-state index contributed by atoms with van der Waals surface area (Å²) in [6, 6.07) is 3.83. The number of hydrogen-bond acceptors (Lipinski definition) is 8. The van der Waals surface area contributed by atoms with E-state index in [4.69, 9.17) is 10.00 Å². The van der Waals surface area contributed by atoms with Crippen LogP contribution in [0.15, 0.2) is 17.2 Å². The normalized spacial score (nSPS) is 25.4. The highest BCUT2D eigenvalue weighted by atomic mass is 32.2. The standard InChI is InChI=1S/C17H20N4O3S2/c1-17(2)15(23)21(11-6-13(26-3)12(7-18)19-8-11)16(25)20(17)9-10-4-5-24-14(10)22/h6,8,10,16,25H,4-5,9H2,1-3H3. The van der Waals surface area contributed by atoms with E-state index in [0.29, 0.717) is 35.8 Å². The van der Waals surface area contributed by atoms with Crippen LogP contribution in [0.4, 0.5) is 5.69 Å². The van der Waals surface area contributed by atoms with E-state index in [9.17, 15) is 9.59 Å². The fourth-order valence-corrected chi connectivity index (χ4v) is 4.42. The predicted octanol–water partition coefficient (Wildman–Crippen LogP) is 1.88. The second-order valence-electron chi connectivity index (χ2n) is 6.74. The summed E-state index contributed by atoms with van der Waals surface area (Å²) in [5.41, 5.74) is -0.436. The average Bonchev–Trinajstić information content (AvgIpc) is 3.09. The van der Waals surface area contributed by atoms with Crippen LogP contribution in [0.25, 0.3) is 0 Å². The highest BCUT2D eigenvalue weighted by molar-refractivity contribution is 7.98. The number of aromatic nitrogens is 1. The van der Waals surface area contributed by atoms with Gasteiger partial charge < -0.3 is 4.74 Å².